The minimum Gasteiger partial charge on any atom is -0.459 e. The molecule has 1 N–H and O–H groups in total. The van der Waals surface area contributed by atoms with Crippen LogP contribution in [0.5, 0.6) is 0 Å². The maximum Gasteiger partial charge on any atom is 0.340 e. The van der Waals surface area contributed by atoms with Crippen LogP contribution in [0.4, 0.5) is 0 Å². The highest BCUT2D eigenvalue weighted by atomic mass is 16.5. The van der Waals surface area contributed by atoms with E-state index in [2.05, 4.69) is 18.9 Å². The summed E-state index contributed by atoms with van der Waals surface area (Å²) in [6.45, 7) is 5.99. The Morgan fingerprint density at radius 3 is 2.70 bits per heavy atom. The predicted molar refractivity (Wildman–Crippen MR) is 99.3 cm³/mol. The molecule has 2 heterocycles. The highest BCUT2D eigenvalue weighted by Gasteiger charge is 2.21. The van der Waals surface area contributed by atoms with Gasteiger partial charge in [0.1, 0.15) is 12.2 Å². The Balaban J connectivity index is 1.88. The summed E-state index contributed by atoms with van der Waals surface area (Å²) in [5, 5.41) is 14.7. The number of hydrogen-bond donors (Lipinski definition) is 1. The zero-order valence-electron chi connectivity index (χ0n) is 15.7. The van der Waals surface area contributed by atoms with E-state index < -0.39 is 17.7 Å². The van der Waals surface area contributed by atoms with Crippen LogP contribution in [0.1, 0.15) is 48.1 Å². The third-order valence-electron chi connectivity index (χ3n) is 4.47. The summed E-state index contributed by atoms with van der Waals surface area (Å²) in [6, 6.07) is 5.09. The van der Waals surface area contributed by atoms with Crippen LogP contribution in [-0.2, 0) is 23.2 Å². The first-order chi connectivity index (χ1) is 12.8. The topological polar surface area (TPSA) is 94.6 Å². The molecule has 0 spiro atoms. The van der Waals surface area contributed by atoms with Crippen molar-refractivity contribution in [3.8, 4) is 0 Å². The predicted octanol–water partition coefficient (Wildman–Crippen LogP) is 2.74. The minimum atomic E-state index is -1.43. The highest BCUT2D eigenvalue weighted by molar-refractivity contribution is 5.82. The number of hydrogen-bond acceptors (Lipinski definition) is 6. The van der Waals surface area contributed by atoms with Gasteiger partial charge in [-0.05, 0) is 36.1 Å². The third-order valence-corrected chi connectivity index (χ3v) is 4.47. The van der Waals surface area contributed by atoms with Gasteiger partial charge in [-0.3, -0.25) is 4.68 Å². The van der Waals surface area contributed by atoms with Crippen molar-refractivity contribution in [2.24, 2.45) is 7.05 Å². The van der Waals surface area contributed by atoms with Gasteiger partial charge >= 0.3 is 11.6 Å². The molecule has 0 bridgehead atoms. The minimum absolute atomic E-state index is 0.140. The fourth-order valence-electron chi connectivity index (χ4n) is 3.08. The van der Waals surface area contributed by atoms with Gasteiger partial charge in [-0.15, -0.1) is 0 Å². The summed E-state index contributed by atoms with van der Waals surface area (Å²) in [4.78, 5) is 24.0. The van der Waals surface area contributed by atoms with Crippen LogP contribution >= 0.6 is 0 Å². The third kappa shape index (κ3) is 3.93. The van der Waals surface area contributed by atoms with Gasteiger partial charge in [0, 0.05) is 35.8 Å². The Labute approximate surface area is 156 Å². The number of rotatable bonds is 5. The number of nitrogens with zero attached hydrogens (tertiary/aromatic N) is 2. The van der Waals surface area contributed by atoms with Crippen LogP contribution in [0.3, 0.4) is 0 Å². The largest absolute Gasteiger partial charge is 0.459 e. The van der Waals surface area contributed by atoms with E-state index in [0.717, 1.165) is 11.1 Å². The van der Waals surface area contributed by atoms with Gasteiger partial charge in [-0.2, -0.15) is 5.10 Å². The second kappa shape index (κ2) is 7.36. The molecular weight excluding hydrogens is 348 g/mol. The van der Waals surface area contributed by atoms with E-state index in [0.29, 0.717) is 28.0 Å². The Hall–Kier alpha value is -2.93. The molecule has 142 valence electrons. The second-order valence-corrected chi connectivity index (χ2v) is 6.91. The van der Waals surface area contributed by atoms with E-state index >= 15 is 0 Å². The molecule has 0 amide bonds. The summed E-state index contributed by atoms with van der Waals surface area (Å²) >= 11 is 0. The molecule has 2 aromatic heterocycles. The van der Waals surface area contributed by atoms with Crippen LogP contribution < -0.4 is 5.63 Å². The maximum atomic E-state index is 12.2. The Kier molecular flexibility index (Phi) is 5.14. The van der Waals surface area contributed by atoms with Crippen LogP contribution in [0.25, 0.3) is 11.0 Å². The number of aryl methyl sites for hydroxylation is 2. The number of carbonyl (C=O) groups is 1. The zero-order chi connectivity index (χ0) is 19.7. The van der Waals surface area contributed by atoms with E-state index in [4.69, 9.17) is 9.15 Å². The van der Waals surface area contributed by atoms with Crippen molar-refractivity contribution in [1.29, 1.82) is 0 Å². The summed E-state index contributed by atoms with van der Waals surface area (Å²) in [5.41, 5.74) is 2.97. The SMILES string of the molecule is Cc1cc2oc(=O)cc(COC(=O)[C@@H](O)c3cnn(C)c3)c2cc1C(C)C. The van der Waals surface area contributed by atoms with Gasteiger partial charge < -0.3 is 14.3 Å². The molecule has 0 saturated heterocycles. The molecule has 0 aliphatic rings. The molecule has 0 saturated carbocycles. The lowest BCUT2D eigenvalue weighted by molar-refractivity contribution is -0.155. The molecule has 7 nitrogen and oxygen atoms in total. The van der Waals surface area contributed by atoms with Crippen molar-refractivity contribution in [3.63, 3.8) is 0 Å². The van der Waals surface area contributed by atoms with E-state index in [-0.39, 0.29) is 6.61 Å². The van der Waals surface area contributed by atoms with Crippen LogP contribution in [-0.4, -0.2) is 20.9 Å². The van der Waals surface area contributed by atoms with Crippen molar-refractivity contribution < 1.29 is 19.1 Å². The first-order valence-corrected chi connectivity index (χ1v) is 8.66. The summed E-state index contributed by atoms with van der Waals surface area (Å²) in [5.74, 6) is -0.510. The maximum absolute atomic E-state index is 12.2. The lowest BCUT2D eigenvalue weighted by Crippen LogP contribution is -2.15. The number of aromatic nitrogens is 2. The quantitative estimate of drug-likeness (QED) is 0.548. The van der Waals surface area contributed by atoms with Gasteiger partial charge in [0.05, 0.1) is 6.20 Å². The summed E-state index contributed by atoms with van der Waals surface area (Å²) < 4.78 is 12.0. The fraction of sp³-hybridized carbons (Fsp3) is 0.350. The molecule has 0 fully saturated rings. The first-order valence-electron chi connectivity index (χ1n) is 8.66. The summed E-state index contributed by atoms with van der Waals surface area (Å²) in [7, 11) is 1.69. The number of fused-ring (bicyclic) bond motifs is 1. The second-order valence-electron chi connectivity index (χ2n) is 6.91. The molecule has 3 aromatic rings. The van der Waals surface area contributed by atoms with E-state index in [1.54, 1.807) is 7.05 Å². The molecule has 0 radical (unpaired) electrons. The number of benzene rings is 1. The number of aliphatic hydroxyl groups is 1. The molecule has 0 unspecified atom stereocenters. The lowest BCUT2D eigenvalue weighted by atomic mass is 9.95. The van der Waals surface area contributed by atoms with Gasteiger partial charge in [0.15, 0.2) is 6.10 Å². The Morgan fingerprint density at radius 2 is 2.07 bits per heavy atom. The van der Waals surface area contributed by atoms with Crippen molar-refractivity contribution in [3.05, 3.63) is 63.3 Å². The standard InChI is InChI=1S/C20H22N2O5/c1-11(2)15-7-16-13(6-18(23)27-17(16)5-12(15)3)10-26-20(25)19(24)14-8-21-22(4)9-14/h5-9,11,19,24H,10H2,1-4H3/t19-/m0/s1. The summed E-state index contributed by atoms with van der Waals surface area (Å²) in [6.07, 6.45) is 1.50. The average Bonchev–Trinajstić information content (AvgIpc) is 3.04. The molecule has 0 aliphatic heterocycles. The van der Waals surface area contributed by atoms with E-state index in [1.807, 2.05) is 19.1 Å². The lowest BCUT2D eigenvalue weighted by Gasteiger charge is -2.14. The van der Waals surface area contributed by atoms with Crippen LogP contribution in [0.2, 0.25) is 0 Å². The van der Waals surface area contributed by atoms with Gasteiger partial charge in [0.2, 0.25) is 0 Å². The van der Waals surface area contributed by atoms with Crippen molar-refractivity contribution in [1.82, 2.24) is 9.78 Å². The molecular formula is C20H22N2O5. The molecule has 3 rings (SSSR count). The first kappa shape index (κ1) is 18.8. The molecule has 1 atom stereocenters. The molecule has 7 heteroatoms. The average molecular weight is 370 g/mol. The van der Waals surface area contributed by atoms with Gasteiger partial charge in [-0.1, -0.05) is 13.8 Å². The zero-order valence-corrected chi connectivity index (χ0v) is 15.7. The molecule has 0 aliphatic carbocycles. The smallest absolute Gasteiger partial charge is 0.340 e. The van der Waals surface area contributed by atoms with E-state index in [1.165, 1.54) is 23.1 Å². The van der Waals surface area contributed by atoms with Gasteiger partial charge in [-0.25, -0.2) is 9.59 Å². The van der Waals surface area contributed by atoms with Crippen molar-refractivity contribution in [2.75, 3.05) is 0 Å². The van der Waals surface area contributed by atoms with Crippen molar-refractivity contribution >= 4 is 16.9 Å². The normalized spacial score (nSPS) is 12.5. The monoisotopic (exact) mass is 370 g/mol. The van der Waals surface area contributed by atoms with Crippen LogP contribution in [0, 0.1) is 6.92 Å². The number of ether oxygens (including phenoxy) is 1. The Bertz CT molecular complexity index is 1050. The molecule has 27 heavy (non-hydrogen) atoms. The van der Waals surface area contributed by atoms with Crippen LogP contribution in [0.15, 0.2) is 39.8 Å². The van der Waals surface area contributed by atoms with Crippen molar-refractivity contribution in [2.45, 2.75) is 39.4 Å². The van der Waals surface area contributed by atoms with Gasteiger partial charge in [0.25, 0.3) is 0 Å². The van der Waals surface area contributed by atoms with E-state index in [9.17, 15) is 14.7 Å². The Morgan fingerprint density at radius 1 is 1.33 bits per heavy atom. The number of esters is 1. The highest BCUT2D eigenvalue weighted by Crippen LogP contribution is 2.27. The number of aliphatic hydroxyl groups excluding tert-OH is 1. The fourth-order valence-corrected chi connectivity index (χ4v) is 3.08. The number of carbonyl (C=O) groups excluding carboxylic acids is 1. The molecule has 1 aromatic carbocycles.